The van der Waals surface area contributed by atoms with Crippen LogP contribution in [-0.4, -0.2) is 19.4 Å². The summed E-state index contributed by atoms with van der Waals surface area (Å²) in [5.41, 5.74) is 10.2. The van der Waals surface area contributed by atoms with Crippen molar-refractivity contribution >= 4 is 6.29 Å². The van der Waals surface area contributed by atoms with Crippen molar-refractivity contribution in [3.8, 4) is 0 Å². The average molecular weight is 130 g/mol. The summed E-state index contributed by atoms with van der Waals surface area (Å²) in [6.45, 7) is 2.72. The second kappa shape index (κ2) is 3.58. The molecule has 1 atom stereocenters. The number of hydrogen-bond acceptors (Lipinski definition) is 3. The Labute approximate surface area is 55.4 Å². The SMILES string of the molecule is CC(C=O)(CN)CCN. The van der Waals surface area contributed by atoms with Crippen molar-refractivity contribution < 1.29 is 4.79 Å². The fraction of sp³-hybridized carbons (Fsp3) is 0.833. The summed E-state index contributed by atoms with van der Waals surface area (Å²) in [5, 5.41) is 0. The van der Waals surface area contributed by atoms with Crippen LogP contribution in [-0.2, 0) is 4.79 Å². The molecule has 0 saturated carbocycles. The van der Waals surface area contributed by atoms with Crippen LogP contribution in [0.1, 0.15) is 13.3 Å². The molecule has 0 rings (SSSR count). The van der Waals surface area contributed by atoms with Crippen LogP contribution < -0.4 is 11.5 Å². The van der Waals surface area contributed by atoms with Crippen LogP contribution in [0.25, 0.3) is 0 Å². The average Bonchev–Trinajstić information content (AvgIpc) is 1.89. The van der Waals surface area contributed by atoms with Crippen LogP contribution >= 0.6 is 0 Å². The van der Waals surface area contributed by atoms with Gasteiger partial charge in [-0.15, -0.1) is 0 Å². The zero-order chi connectivity index (χ0) is 7.33. The molecule has 0 aliphatic rings. The van der Waals surface area contributed by atoms with E-state index < -0.39 is 5.41 Å². The molecule has 0 radical (unpaired) electrons. The summed E-state index contributed by atoms with van der Waals surface area (Å²) in [5.74, 6) is 0. The van der Waals surface area contributed by atoms with E-state index in [1.54, 1.807) is 0 Å². The highest BCUT2D eigenvalue weighted by molar-refractivity contribution is 5.58. The third-order valence-electron chi connectivity index (χ3n) is 1.47. The highest BCUT2D eigenvalue weighted by atomic mass is 16.1. The van der Waals surface area contributed by atoms with Gasteiger partial charge in [-0.25, -0.2) is 0 Å². The maximum atomic E-state index is 10.3. The van der Waals surface area contributed by atoms with Crippen LogP contribution in [0, 0.1) is 5.41 Å². The molecular weight excluding hydrogens is 116 g/mol. The van der Waals surface area contributed by atoms with Gasteiger partial charge in [-0.2, -0.15) is 0 Å². The highest BCUT2D eigenvalue weighted by Gasteiger charge is 2.19. The molecule has 4 N–H and O–H groups in total. The molecule has 3 nitrogen and oxygen atoms in total. The molecule has 54 valence electrons. The Bertz CT molecular complexity index is 95.1. The van der Waals surface area contributed by atoms with E-state index in [9.17, 15) is 4.79 Å². The molecule has 0 bridgehead atoms. The first-order valence-electron chi connectivity index (χ1n) is 3.05. The molecule has 0 aliphatic heterocycles. The minimum Gasteiger partial charge on any atom is -0.330 e. The molecular formula is C6H14N2O. The lowest BCUT2D eigenvalue weighted by Crippen LogP contribution is -2.31. The van der Waals surface area contributed by atoms with E-state index in [4.69, 9.17) is 11.5 Å². The second-order valence-corrected chi connectivity index (χ2v) is 2.51. The monoisotopic (exact) mass is 130 g/mol. The third kappa shape index (κ3) is 2.58. The minimum absolute atomic E-state index is 0.383. The maximum absolute atomic E-state index is 10.3. The summed E-state index contributed by atoms with van der Waals surface area (Å²) in [6.07, 6.45) is 1.55. The largest absolute Gasteiger partial charge is 0.330 e. The van der Waals surface area contributed by atoms with Crippen LogP contribution in [0.15, 0.2) is 0 Å². The Kier molecular flexibility index (Phi) is 3.42. The summed E-state index contributed by atoms with van der Waals surface area (Å²) in [7, 11) is 0. The molecule has 0 aromatic heterocycles. The number of carbonyl (C=O) groups is 1. The van der Waals surface area contributed by atoms with Crippen LogP contribution in [0.3, 0.4) is 0 Å². The van der Waals surface area contributed by atoms with Crippen LogP contribution in [0.2, 0.25) is 0 Å². The van der Waals surface area contributed by atoms with Crippen molar-refractivity contribution in [2.45, 2.75) is 13.3 Å². The third-order valence-corrected chi connectivity index (χ3v) is 1.47. The lowest BCUT2D eigenvalue weighted by atomic mass is 9.89. The van der Waals surface area contributed by atoms with Gasteiger partial charge in [0.05, 0.1) is 0 Å². The standard InChI is InChI=1S/C6H14N2O/c1-6(4-8,5-9)2-3-7/h5H,2-4,7-8H2,1H3. The van der Waals surface area contributed by atoms with Gasteiger partial charge in [-0.3, -0.25) is 0 Å². The molecule has 9 heavy (non-hydrogen) atoms. The Hall–Kier alpha value is -0.410. The molecule has 0 saturated heterocycles. The van der Waals surface area contributed by atoms with Gasteiger partial charge in [0.15, 0.2) is 0 Å². The fourth-order valence-corrected chi connectivity index (χ4v) is 0.539. The highest BCUT2D eigenvalue weighted by Crippen LogP contribution is 2.13. The van der Waals surface area contributed by atoms with E-state index in [0.29, 0.717) is 19.5 Å². The van der Waals surface area contributed by atoms with Gasteiger partial charge >= 0.3 is 0 Å². The van der Waals surface area contributed by atoms with Gasteiger partial charge in [0.1, 0.15) is 6.29 Å². The molecule has 0 aromatic rings. The van der Waals surface area contributed by atoms with E-state index in [-0.39, 0.29) is 0 Å². The summed E-state index contributed by atoms with van der Waals surface area (Å²) >= 11 is 0. The van der Waals surface area contributed by atoms with Gasteiger partial charge in [0.25, 0.3) is 0 Å². The lowest BCUT2D eigenvalue weighted by Gasteiger charge is -2.18. The van der Waals surface area contributed by atoms with Crippen molar-refractivity contribution in [1.29, 1.82) is 0 Å². The first kappa shape index (κ1) is 8.59. The normalized spacial score (nSPS) is 16.8. The molecule has 0 heterocycles. The molecule has 0 aromatic carbocycles. The smallest absolute Gasteiger partial charge is 0.127 e. The van der Waals surface area contributed by atoms with E-state index >= 15 is 0 Å². The summed E-state index contributed by atoms with van der Waals surface area (Å²) < 4.78 is 0. The first-order chi connectivity index (χ1) is 4.18. The first-order valence-corrected chi connectivity index (χ1v) is 3.05. The number of aldehydes is 1. The molecule has 0 fully saturated rings. The predicted molar refractivity (Wildman–Crippen MR) is 36.9 cm³/mol. The quantitative estimate of drug-likeness (QED) is 0.504. The second-order valence-electron chi connectivity index (χ2n) is 2.51. The van der Waals surface area contributed by atoms with Crippen molar-refractivity contribution in [3.63, 3.8) is 0 Å². The molecule has 1 unspecified atom stereocenters. The Morgan fingerprint density at radius 1 is 1.56 bits per heavy atom. The minimum atomic E-state index is -0.394. The lowest BCUT2D eigenvalue weighted by molar-refractivity contribution is -0.115. The van der Waals surface area contributed by atoms with E-state index in [1.165, 1.54) is 0 Å². The van der Waals surface area contributed by atoms with E-state index in [1.807, 2.05) is 6.92 Å². The number of nitrogens with two attached hydrogens (primary N) is 2. The Morgan fingerprint density at radius 2 is 2.11 bits per heavy atom. The van der Waals surface area contributed by atoms with Gasteiger partial charge in [0.2, 0.25) is 0 Å². The van der Waals surface area contributed by atoms with Crippen LogP contribution in [0.5, 0.6) is 0 Å². The van der Waals surface area contributed by atoms with Crippen molar-refractivity contribution in [3.05, 3.63) is 0 Å². The number of carbonyl (C=O) groups excluding carboxylic acids is 1. The fourth-order valence-electron chi connectivity index (χ4n) is 0.539. The molecule has 3 heteroatoms. The predicted octanol–water partition coefficient (Wildman–Crippen LogP) is -0.501. The van der Waals surface area contributed by atoms with Gasteiger partial charge in [0, 0.05) is 12.0 Å². The van der Waals surface area contributed by atoms with Crippen LogP contribution in [0.4, 0.5) is 0 Å². The molecule has 0 amide bonds. The number of rotatable bonds is 4. The van der Waals surface area contributed by atoms with E-state index in [0.717, 1.165) is 6.29 Å². The molecule has 0 spiro atoms. The topological polar surface area (TPSA) is 69.1 Å². The maximum Gasteiger partial charge on any atom is 0.127 e. The summed E-state index contributed by atoms with van der Waals surface area (Å²) in [6, 6.07) is 0. The number of hydrogen-bond donors (Lipinski definition) is 2. The van der Waals surface area contributed by atoms with Crippen molar-refractivity contribution in [1.82, 2.24) is 0 Å². The van der Waals surface area contributed by atoms with Crippen molar-refractivity contribution in [2.24, 2.45) is 16.9 Å². The van der Waals surface area contributed by atoms with Gasteiger partial charge < -0.3 is 16.3 Å². The zero-order valence-electron chi connectivity index (χ0n) is 5.76. The van der Waals surface area contributed by atoms with Crippen molar-refractivity contribution in [2.75, 3.05) is 13.1 Å². The van der Waals surface area contributed by atoms with Gasteiger partial charge in [-0.05, 0) is 13.0 Å². The Balaban J connectivity index is 3.76. The van der Waals surface area contributed by atoms with Gasteiger partial charge in [-0.1, -0.05) is 6.92 Å². The Morgan fingerprint density at radius 3 is 2.22 bits per heavy atom. The molecule has 0 aliphatic carbocycles. The zero-order valence-corrected chi connectivity index (χ0v) is 5.76. The summed E-state index contributed by atoms with van der Waals surface area (Å²) in [4.78, 5) is 10.3. The van der Waals surface area contributed by atoms with E-state index in [2.05, 4.69) is 0 Å².